The number of furan rings is 1. The molecule has 0 atom stereocenters. The van der Waals surface area contributed by atoms with Gasteiger partial charge in [0.15, 0.2) is 5.76 Å². The van der Waals surface area contributed by atoms with Crippen LogP contribution in [-0.2, 0) is 11.3 Å². The second-order valence-electron chi connectivity index (χ2n) is 4.49. The summed E-state index contributed by atoms with van der Waals surface area (Å²) in [5.74, 6) is -0.149. The number of nitrogens with zero attached hydrogens (tertiary/aromatic N) is 2. The lowest BCUT2D eigenvalue weighted by Gasteiger charge is -2.06. The van der Waals surface area contributed by atoms with Gasteiger partial charge in [-0.25, -0.2) is 4.98 Å². The molecule has 0 saturated carbocycles. The van der Waals surface area contributed by atoms with E-state index in [1.807, 2.05) is 10.8 Å². The molecule has 0 aliphatic heterocycles. The molecule has 2 N–H and O–H groups in total. The second kappa shape index (κ2) is 7.88. The summed E-state index contributed by atoms with van der Waals surface area (Å²) in [5, 5.41) is 5.43. The Kier molecular flexibility index (Phi) is 5.57. The maximum atomic E-state index is 11.6. The molecule has 0 fully saturated rings. The molecular weight excluding hydrogens is 272 g/mol. The number of imidazole rings is 1. The average molecular weight is 290 g/mol. The van der Waals surface area contributed by atoms with E-state index in [9.17, 15) is 9.59 Å². The predicted molar refractivity (Wildman–Crippen MR) is 75.5 cm³/mol. The van der Waals surface area contributed by atoms with Gasteiger partial charge in [0, 0.05) is 38.4 Å². The first-order chi connectivity index (χ1) is 10.3. The van der Waals surface area contributed by atoms with E-state index in [1.54, 1.807) is 24.7 Å². The Morgan fingerprint density at radius 1 is 1.29 bits per heavy atom. The number of carbonyl (C=O) groups excluding carboxylic acids is 2. The maximum Gasteiger partial charge on any atom is 0.286 e. The van der Waals surface area contributed by atoms with Gasteiger partial charge in [-0.15, -0.1) is 0 Å². The Bertz CT molecular complexity index is 549. The van der Waals surface area contributed by atoms with Gasteiger partial charge in [0.25, 0.3) is 5.91 Å². The number of hydrogen-bond acceptors (Lipinski definition) is 4. The lowest BCUT2D eigenvalue weighted by Crippen LogP contribution is -2.31. The van der Waals surface area contributed by atoms with Crippen LogP contribution in [0.25, 0.3) is 0 Å². The molecule has 7 nitrogen and oxygen atoms in total. The van der Waals surface area contributed by atoms with Crippen molar-refractivity contribution in [2.45, 2.75) is 19.4 Å². The highest BCUT2D eigenvalue weighted by Gasteiger charge is 2.08. The zero-order valence-electron chi connectivity index (χ0n) is 11.6. The zero-order valence-corrected chi connectivity index (χ0v) is 11.6. The summed E-state index contributed by atoms with van der Waals surface area (Å²) in [6.07, 6.45) is 7.86. The van der Waals surface area contributed by atoms with Gasteiger partial charge in [-0.1, -0.05) is 0 Å². The minimum absolute atomic E-state index is 0.0830. The van der Waals surface area contributed by atoms with Crippen LogP contribution in [0.1, 0.15) is 23.4 Å². The van der Waals surface area contributed by atoms with E-state index in [2.05, 4.69) is 15.6 Å². The third kappa shape index (κ3) is 5.13. The number of rotatable bonds is 8. The molecule has 112 valence electrons. The largest absolute Gasteiger partial charge is 0.459 e. The molecule has 2 amide bonds. The molecule has 0 aliphatic rings. The van der Waals surface area contributed by atoms with E-state index in [0.717, 1.165) is 13.0 Å². The number of amides is 2. The van der Waals surface area contributed by atoms with Gasteiger partial charge in [0.05, 0.1) is 12.6 Å². The average Bonchev–Trinajstić information content (AvgIpc) is 3.16. The lowest BCUT2D eigenvalue weighted by molar-refractivity contribution is -0.120. The summed E-state index contributed by atoms with van der Waals surface area (Å²) >= 11 is 0. The van der Waals surface area contributed by atoms with Crippen LogP contribution in [0.4, 0.5) is 0 Å². The Balaban J connectivity index is 1.52. The Morgan fingerprint density at radius 2 is 2.19 bits per heavy atom. The van der Waals surface area contributed by atoms with Crippen LogP contribution in [0.5, 0.6) is 0 Å². The molecule has 21 heavy (non-hydrogen) atoms. The molecule has 0 unspecified atom stereocenters. The van der Waals surface area contributed by atoms with Crippen molar-refractivity contribution in [1.29, 1.82) is 0 Å². The van der Waals surface area contributed by atoms with E-state index in [4.69, 9.17) is 4.42 Å². The van der Waals surface area contributed by atoms with Crippen molar-refractivity contribution < 1.29 is 14.0 Å². The molecular formula is C14H18N4O3. The van der Waals surface area contributed by atoms with Crippen LogP contribution in [-0.4, -0.2) is 34.5 Å². The number of hydrogen-bond donors (Lipinski definition) is 2. The summed E-state index contributed by atoms with van der Waals surface area (Å²) in [4.78, 5) is 27.0. The van der Waals surface area contributed by atoms with Gasteiger partial charge in [-0.05, 0) is 18.6 Å². The van der Waals surface area contributed by atoms with E-state index >= 15 is 0 Å². The zero-order chi connectivity index (χ0) is 14.9. The topological polar surface area (TPSA) is 89.2 Å². The van der Waals surface area contributed by atoms with Crippen LogP contribution in [0, 0.1) is 0 Å². The van der Waals surface area contributed by atoms with Gasteiger partial charge in [-0.2, -0.15) is 0 Å². The molecule has 0 aliphatic carbocycles. The van der Waals surface area contributed by atoms with Gasteiger partial charge >= 0.3 is 0 Å². The highest BCUT2D eigenvalue weighted by atomic mass is 16.3. The summed E-state index contributed by atoms with van der Waals surface area (Å²) in [6, 6.07) is 3.22. The molecule has 0 spiro atoms. The monoisotopic (exact) mass is 290 g/mol. The highest BCUT2D eigenvalue weighted by Crippen LogP contribution is 1.98. The minimum atomic E-state index is -0.312. The molecule has 0 bridgehead atoms. The first-order valence-electron chi connectivity index (χ1n) is 6.80. The van der Waals surface area contributed by atoms with E-state index in [0.29, 0.717) is 6.54 Å². The molecule has 2 rings (SSSR count). The third-order valence-electron chi connectivity index (χ3n) is 2.86. The van der Waals surface area contributed by atoms with Gasteiger partial charge < -0.3 is 19.6 Å². The van der Waals surface area contributed by atoms with Gasteiger partial charge in [0.1, 0.15) is 0 Å². The first-order valence-corrected chi connectivity index (χ1v) is 6.80. The van der Waals surface area contributed by atoms with E-state index in [-0.39, 0.29) is 30.5 Å². The Hall–Kier alpha value is -2.57. The smallest absolute Gasteiger partial charge is 0.286 e. The Morgan fingerprint density at radius 3 is 2.90 bits per heavy atom. The van der Waals surface area contributed by atoms with Crippen molar-refractivity contribution in [3.8, 4) is 0 Å². The fraction of sp³-hybridized carbons (Fsp3) is 0.357. The van der Waals surface area contributed by atoms with Gasteiger partial charge in [0.2, 0.25) is 5.91 Å². The number of carbonyl (C=O) groups is 2. The van der Waals surface area contributed by atoms with Crippen molar-refractivity contribution in [2.24, 2.45) is 0 Å². The molecule has 7 heteroatoms. The summed E-state index contributed by atoms with van der Waals surface area (Å²) in [6.45, 7) is 1.70. The van der Waals surface area contributed by atoms with Crippen molar-refractivity contribution in [1.82, 2.24) is 20.2 Å². The molecule has 0 radical (unpaired) electrons. The summed E-state index contributed by atoms with van der Waals surface area (Å²) < 4.78 is 6.90. The highest BCUT2D eigenvalue weighted by molar-refractivity contribution is 5.91. The first kappa shape index (κ1) is 14.8. The van der Waals surface area contributed by atoms with Crippen LogP contribution in [0.3, 0.4) is 0 Å². The maximum absolute atomic E-state index is 11.6. The normalized spacial score (nSPS) is 10.3. The van der Waals surface area contributed by atoms with Crippen LogP contribution in [0.15, 0.2) is 41.5 Å². The number of aryl methyl sites for hydroxylation is 1. The quantitative estimate of drug-likeness (QED) is 0.704. The Labute approximate surface area is 122 Å². The SMILES string of the molecule is O=C(CCNC(=O)c1ccco1)NCCCn1ccnc1. The van der Waals surface area contributed by atoms with Gasteiger partial charge in [-0.3, -0.25) is 9.59 Å². The standard InChI is InChI=1S/C14H18N4O3/c19-13(16-5-2-8-18-9-7-15-11-18)4-6-17-14(20)12-3-1-10-21-12/h1,3,7,9-11H,2,4-6,8H2,(H,16,19)(H,17,20). The predicted octanol–water partition coefficient (Wildman–Crippen LogP) is 0.802. The molecule has 2 aromatic rings. The number of nitrogens with one attached hydrogen (secondary N) is 2. The van der Waals surface area contributed by atoms with Crippen molar-refractivity contribution >= 4 is 11.8 Å². The fourth-order valence-corrected chi connectivity index (χ4v) is 1.78. The van der Waals surface area contributed by atoms with Crippen molar-refractivity contribution in [2.75, 3.05) is 13.1 Å². The molecule has 0 aromatic carbocycles. The van der Waals surface area contributed by atoms with E-state index < -0.39 is 0 Å². The molecule has 2 heterocycles. The van der Waals surface area contributed by atoms with Crippen LogP contribution < -0.4 is 10.6 Å². The fourth-order valence-electron chi connectivity index (χ4n) is 1.78. The van der Waals surface area contributed by atoms with Crippen LogP contribution >= 0.6 is 0 Å². The van der Waals surface area contributed by atoms with Crippen LogP contribution in [0.2, 0.25) is 0 Å². The minimum Gasteiger partial charge on any atom is -0.459 e. The number of aromatic nitrogens is 2. The van der Waals surface area contributed by atoms with E-state index in [1.165, 1.54) is 6.26 Å². The molecule has 2 aromatic heterocycles. The van der Waals surface area contributed by atoms with Crippen molar-refractivity contribution in [3.05, 3.63) is 42.9 Å². The van der Waals surface area contributed by atoms with Crippen molar-refractivity contribution in [3.63, 3.8) is 0 Å². The summed E-state index contributed by atoms with van der Waals surface area (Å²) in [7, 11) is 0. The third-order valence-corrected chi connectivity index (χ3v) is 2.86. The second-order valence-corrected chi connectivity index (χ2v) is 4.49. The summed E-state index contributed by atoms with van der Waals surface area (Å²) in [5.41, 5.74) is 0. The molecule has 0 saturated heterocycles. The lowest BCUT2D eigenvalue weighted by atomic mass is 10.3.